The highest BCUT2D eigenvalue weighted by Crippen LogP contribution is 2.24. The lowest BCUT2D eigenvalue weighted by Gasteiger charge is -2.29. The number of nitrogens with zero attached hydrogens (tertiary/aromatic N) is 1. The normalized spacial score (nSPS) is 14.0. The predicted molar refractivity (Wildman–Crippen MR) is 76.3 cm³/mol. The van der Waals surface area contributed by atoms with Crippen LogP contribution in [0.3, 0.4) is 0 Å². The van der Waals surface area contributed by atoms with E-state index in [-0.39, 0.29) is 10.6 Å². The minimum absolute atomic E-state index is 0.281. The molecule has 1 aliphatic rings. The molecule has 0 saturated carbocycles. The van der Waals surface area contributed by atoms with Crippen LogP contribution in [0.15, 0.2) is 36.4 Å². The van der Waals surface area contributed by atoms with E-state index in [1.165, 1.54) is 22.6 Å². The van der Waals surface area contributed by atoms with Crippen LogP contribution in [0.4, 0.5) is 8.78 Å². The first-order valence-electron chi connectivity index (χ1n) is 6.57. The van der Waals surface area contributed by atoms with Gasteiger partial charge in [-0.2, -0.15) is 0 Å². The maximum Gasteiger partial charge on any atom is 0.257 e. The molecule has 0 fully saturated rings. The number of amides is 1. The van der Waals surface area contributed by atoms with Crippen molar-refractivity contribution in [1.29, 1.82) is 0 Å². The van der Waals surface area contributed by atoms with Gasteiger partial charge in [-0.1, -0.05) is 35.9 Å². The highest BCUT2D eigenvalue weighted by Gasteiger charge is 2.25. The zero-order chi connectivity index (χ0) is 15.0. The summed E-state index contributed by atoms with van der Waals surface area (Å²) in [7, 11) is 0. The zero-order valence-corrected chi connectivity index (χ0v) is 11.8. The fourth-order valence-corrected chi connectivity index (χ4v) is 2.68. The standard InChI is InChI=1S/C16H12ClF2NO/c17-13-6-5-12(14(18)15(13)19)16(21)20-8-7-10-3-1-2-4-11(10)9-20/h1-6H,7-9H2. The van der Waals surface area contributed by atoms with Gasteiger partial charge in [-0.25, -0.2) is 8.78 Å². The van der Waals surface area contributed by atoms with Gasteiger partial charge in [0.2, 0.25) is 0 Å². The number of halogens is 3. The molecular formula is C16H12ClF2NO. The van der Waals surface area contributed by atoms with Gasteiger partial charge in [-0.05, 0) is 29.7 Å². The van der Waals surface area contributed by atoms with Gasteiger partial charge in [-0.15, -0.1) is 0 Å². The molecule has 2 aromatic carbocycles. The second-order valence-corrected chi connectivity index (χ2v) is 5.38. The van der Waals surface area contributed by atoms with Gasteiger partial charge >= 0.3 is 0 Å². The van der Waals surface area contributed by atoms with Crippen LogP contribution in [-0.2, 0) is 13.0 Å². The Morgan fingerprint density at radius 3 is 2.52 bits per heavy atom. The lowest BCUT2D eigenvalue weighted by Crippen LogP contribution is -2.36. The Labute approximate surface area is 125 Å². The van der Waals surface area contributed by atoms with E-state index in [1.807, 2.05) is 24.3 Å². The predicted octanol–water partition coefficient (Wildman–Crippen LogP) is 3.82. The number of benzene rings is 2. The number of fused-ring (bicyclic) bond motifs is 1. The summed E-state index contributed by atoms with van der Waals surface area (Å²) >= 11 is 5.50. The molecule has 21 heavy (non-hydrogen) atoms. The summed E-state index contributed by atoms with van der Waals surface area (Å²) in [6.45, 7) is 0.887. The molecule has 0 atom stereocenters. The van der Waals surface area contributed by atoms with Crippen molar-refractivity contribution in [3.05, 3.63) is 69.7 Å². The van der Waals surface area contributed by atoms with Crippen LogP contribution in [0, 0.1) is 11.6 Å². The molecule has 2 aromatic rings. The molecule has 0 aliphatic carbocycles. The topological polar surface area (TPSA) is 20.3 Å². The summed E-state index contributed by atoms with van der Waals surface area (Å²) in [6.07, 6.45) is 0.708. The third-order valence-corrected chi connectivity index (χ3v) is 3.98. The van der Waals surface area contributed by atoms with Crippen LogP contribution < -0.4 is 0 Å². The Morgan fingerprint density at radius 2 is 1.76 bits per heavy atom. The maximum absolute atomic E-state index is 13.9. The van der Waals surface area contributed by atoms with Crippen molar-refractivity contribution in [2.24, 2.45) is 0 Å². The summed E-state index contributed by atoms with van der Waals surface area (Å²) in [5.74, 6) is -2.89. The SMILES string of the molecule is O=C(c1ccc(Cl)c(F)c1F)N1CCc2ccccc2C1. The quantitative estimate of drug-likeness (QED) is 0.734. The van der Waals surface area contributed by atoms with E-state index >= 15 is 0 Å². The summed E-state index contributed by atoms with van der Waals surface area (Å²) < 4.78 is 27.3. The van der Waals surface area contributed by atoms with Crippen LogP contribution >= 0.6 is 11.6 Å². The van der Waals surface area contributed by atoms with Crippen molar-refractivity contribution in [3.63, 3.8) is 0 Å². The summed E-state index contributed by atoms with van der Waals surface area (Å²) in [5, 5.41) is -0.326. The van der Waals surface area contributed by atoms with Gasteiger partial charge in [0.05, 0.1) is 10.6 Å². The van der Waals surface area contributed by atoms with E-state index in [4.69, 9.17) is 11.6 Å². The summed E-state index contributed by atoms with van der Waals surface area (Å²) in [5.41, 5.74) is 1.94. The Bertz CT molecular complexity index is 717. The fraction of sp³-hybridized carbons (Fsp3) is 0.188. The lowest BCUT2D eigenvalue weighted by molar-refractivity contribution is 0.0729. The van der Waals surface area contributed by atoms with Crippen molar-refractivity contribution in [3.8, 4) is 0 Å². The molecule has 0 radical (unpaired) electrons. The lowest BCUT2D eigenvalue weighted by atomic mass is 9.99. The van der Waals surface area contributed by atoms with Gasteiger partial charge < -0.3 is 4.90 Å². The van der Waals surface area contributed by atoms with Gasteiger partial charge in [0.1, 0.15) is 0 Å². The van der Waals surface area contributed by atoms with Crippen LogP contribution in [-0.4, -0.2) is 17.4 Å². The number of rotatable bonds is 1. The molecule has 0 N–H and O–H groups in total. The molecule has 1 aliphatic heterocycles. The molecule has 0 bridgehead atoms. The van der Waals surface area contributed by atoms with E-state index in [9.17, 15) is 13.6 Å². The monoisotopic (exact) mass is 307 g/mol. The van der Waals surface area contributed by atoms with E-state index in [0.717, 1.165) is 5.56 Å². The van der Waals surface area contributed by atoms with E-state index in [2.05, 4.69) is 0 Å². The molecule has 1 heterocycles. The van der Waals surface area contributed by atoms with E-state index in [0.29, 0.717) is 19.5 Å². The second-order valence-electron chi connectivity index (χ2n) is 4.97. The van der Waals surface area contributed by atoms with Crippen LogP contribution in [0.1, 0.15) is 21.5 Å². The van der Waals surface area contributed by atoms with Gasteiger partial charge in [0.25, 0.3) is 5.91 Å². The van der Waals surface area contributed by atoms with Crippen molar-refractivity contribution in [2.45, 2.75) is 13.0 Å². The average molecular weight is 308 g/mol. The third-order valence-electron chi connectivity index (χ3n) is 3.68. The summed E-state index contributed by atoms with van der Waals surface area (Å²) in [4.78, 5) is 13.9. The van der Waals surface area contributed by atoms with Crippen LogP contribution in [0.5, 0.6) is 0 Å². The number of carbonyl (C=O) groups excluding carboxylic acids is 1. The molecule has 3 rings (SSSR count). The van der Waals surface area contributed by atoms with Gasteiger partial charge in [-0.3, -0.25) is 4.79 Å². The molecule has 1 amide bonds. The van der Waals surface area contributed by atoms with Crippen molar-refractivity contribution >= 4 is 17.5 Å². The molecule has 0 aromatic heterocycles. The Balaban J connectivity index is 1.89. The molecular weight excluding hydrogens is 296 g/mol. The Morgan fingerprint density at radius 1 is 1.05 bits per heavy atom. The molecule has 0 spiro atoms. The zero-order valence-electron chi connectivity index (χ0n) is 11.1. The number of hydrogen-bond acceptors (Lipinski definition) is 1. The van der Waals surface area contributed by atoms with Gasteiger partial charge in [0.15, 0.2) is 11.6 Å². The first-order chi connectivity index (χ1) is 10.1. The highest BCUT2D eigenvalue weighted by atomic mass is 35.5. The molecule has 0 unspecified atom stereocenters. The Hall–Kier alpha value is -1.94. The second kappa shape index (κ2) is 5.45. The first-order valence-corrected chi connectivity index (χ1v) is 6.95. The fourth-order valence-electron chi connectivity index (χ4n) is 2.53. The summed E-state index contributed by atoms with van der Waals surface area (Å²) in [6, 6.07) is 10.2. The van der Waals surface area contributed by atoms with Crippen molar-refractivity contribution in [2.75, 3.05) is 6.54 Å². The Kier molecular flexibility index (Phi) is 3.64. The minimum Gasteiger partial charge on any atom is -0.334 e. The molecule has 108 valence electrons. The minimum atomic E-state index is -1.19. The molecule has 0 saturated heterocycles. The molecule has 2 nitrogen and oxygen atoms in total. The maximum atomic E-state index is 13.9. The van der Waals surface area contributed by atoms with E-state index in [1.54, 1.807) is 0 Å². The average Bonchev–Trinajstić information content (AvgIpc) is 2.52. The smallest absolute Gasteiger partial charge is 0.257 e. The highest BCUT2D eigenvalue weighted by molar-refractivity contribution is 6.30. The van der Waals surface area contributed by atoms with Crippen molar-refractivity contribution < 1.29 is 13.6 Å². The number of carbonyl (C=O) groups is 1. The van der Waals surface area contributed by atoms with Crippen molar-refractivity contribution in [1.82, 2.24) is 4.90 Å². The molecule has 5 heteroatoms. The van der Waals surface area contributed by atoms with Gasteiger partial charge in [0, 0.05) is 13.1 Å². The number of hydrogen-bond donors (Lipinski definition) is 0. The third kappa shape index (κ3) is 2.51. The van der Waals surface area contributed by atoms with E-state index < -0.39 is 17.5 Å². The van der Waals surface area contributed by atoms with Crippen LogP contribution in [0.2, 0.25) is 5.02 Å². The first kappa shape index (κ1) is 14.0. The van der Waals surface area contributed by atoms with Crippen LogP contribution in [0.25, 0.3) is 0 Å². The largest absolute Gasteiger partial charge is 0.334 e.